The predicted octanol–water partition coefficient (Wildman–Crippen LogP) is 4.70. The summed E-state index contributed by atoms with van der Waals surface area (Å²) in [5, 5.41) is 5.34. The molecule has 0 aliphatic carbocycles. The van der Waals surface area contributed by atoms with Crippen molar-refractivity contribution in [2.24, 2.45) is 0 Å². The van der Waals surface area contributed by atoms with Crippen molar-refractivity contribution in [2.75, 3.05) is 0 Å². The van der Waals surface area contributed by atoms with Gasteiger partial charge >= 0.3 is 0 Å². The number of pyridine rings is 1. The second-order valence-electron chi connectivity index (χ2n) is 6.26. The molecule has 136 valence electrons. The number of rotatable bonds is 4. The standard InChI is InChI=1S/C20H16N2O2S3/c1-2-3-13-8-17(23)15-7-11(4-5-16(15)21-13)12-6-14(26-10-12)9-18-19(24)22-20(25)27-18/h4-10H,2-3H2,1H3,(H,21,23)(H,22,24,25)/b18-9-. The maximum absolute atomic E-state index is 12.5. The number of benzene rings is 1. The van der Waals surface area contributed by atoms with Crippen LogP contribution in [0.25, 0.3) is 28.1 Å². The van der Waals surface area contributed by atoms with Crippen molar-refractivity contribution >= 4 is 62.5 Å². The van der Waals surface area contributed by atoms with Gasteiger partial charge in [-0.05, 0) is 47.2 Å². The van der Waals surface area contributed by atoms with E-state index in [0.29, 0.717) is 14.6 Å². The molecule has 0 atom stereocenters. The first kappa shape index (κ1) is 18.2. The SMILES string of the molecule is CCCc1cc(=O)c2cc(-c3csc(/C=C4\SC(=S)NC4=O)c3)ccc2[nH]1. The number of aryl methyl sites for hydroxylation is 1. The number of amides is 1. The van der Waals surface area contributed by atoms with Crippen molar-refractivity contribution in [3.63, 3.8) is 0 Å². The van der Waals surface area contributed by atoms with Gasteiger partial charge in [0.05, 0.1) is 4.91 Å². The minimum atomic E-state index is -0.153. The summed E-state index contributed by atoms with van der Waals surface area (Å²) in [4.78, 5) is 29.2. The highest BCUT2D eigenvalue weighted by Gasteiger charge is 2.22. The lowest BCUT2D eigenvalue weighted by atomic mass is 10.0. The second kappa shape index (κ2) is 7.42. The molecule has 0 spiro atoms. The number of hydrogen-bond acceptors (Lipinski definition) is 5. The summed E-state index contributed by atoms with van der Waals surface area (Å²) >= 11 is 7.84. The quantitative estimate of drug-likeness (QED) is 0.482. The third kappa shape index (κ3) is 3.76. The van der Waals surface area contributed by atoms with E-state index in [1.165, 1.54) is 11.8 Å². The van der Waals surface area contributed by atoms with E-state index < -0.39 is 0 Å². The average molecular weight is 413 g/mol. The minimum Gasteiger partial charge on any atom is -0.358 e. The van der Waals surface area contributed by atoms with Crippen molar-refractivity contribution in [2.45, 2.75) is 19.8 Å². The zero-order chi connectivity index (χ0) is 19.0. The van der Waals surface area contributed by atoms with Gasteiger partial charge in [0.2, 0.25) is 0 Å². The molecule has 0 saturated carbocycles. The Bertz CT molecular complexity index is 1160. The van der Waals surface area contributed by atoms with Crippen LogP contribution < -0.4 is 10.7 Å². The summed E-state index contributed by atoms with van der Waals surface area (Å²) in [6.45, 7) is 2.09. The Morgan fingerprint density at radius 1 is 1.15 bits per heavy atom. The van der Waals surface area contributed by atoms with Crippen LogP contribution in [0.5, 0.6) is 0 Å². The highest BCUT2D eigenvalue weighted by Crippen LogP contribution is 2.31. The van der Waals surface area contributed by atoms with Crippen molar-refractivity contribution in [1.82, 2.24) is 10.3 Å². The van der Waals surface area contributed by atoms with Gasteiger partial charge < -0.3 is 10.3 Å². The Morgan fingerprint density at radius 3 is 2.74 bits per heavy atom. The van der Waals surface area contributed by atoms with Crippen LogP contribution in [0.2, 0.25) is 0 Å². The molecule has 4 nitrogen and oxygen atoms in total. The predicted molar refractivity (Wildman–Crippen MR) is 118 cm³/mol. The summed E-state index contributed by atoms with van der Waals surface area (Å²) in [6.07, 6.45) is 3.70. The van der Waals surface area contributed by atoms with Crippen LogP contribution in [0.1, 0.15) is 23.9 Å². The van der Waals surface area contributed by atoms with Crippen molar-refractivity contribution in [1.29, 1.82) is 0 Å². The van der Waals surface area contributed by atoms with Crippen LogP contribution in [-0.2, 0) is 11.2 Å². The third-order valence-corrected chi connectivity index (χ3v) is 6.32. The molecule has 2 aromatic heterocycles. The lowest BCUT2D eigenvalue weighted by molar-refractivity contribution is -0.115. The Kier molecular flexibility index (Phi) is 4.99. The van der Waals surface area contributed by atoms with Crippen LogP contribution in [-0.4, -0.2) is 15.2 Å². The summed E-state index contributed by atoms with van der Waals surface area (Å²) in [5.74, 6) is -0.153. The summed E-state index contributed by atoms with van der Waals surface area (Å²) in [5.41, 5.74) is 3.88. The number of thiophene rings is 1. The van der Waals surface area contributed by atoms with Crippen LogP contribution in [0.3, 0.4) is 0 Å². The molecule has 1 saturated heterocycles. The molecular formula is C20H16N2O2S3. The molecule has 1 aliphatic heterocycles. The Balaban J connectivity index is 1.68. The number of thiocarbonyl (C=S) groups is 1. The van der Waals surface area contributed by atoms with E-state index in [4.69, 9.17) is 12.2 Å². The highest BCUT2D eigenvalue weighted by atomic mass is 32.2. The molecule has 0 unspecified atom stereocenters. The second-order valence-corrected chi connectivity index (χ2v) is 8.92. The molecule has 27 heavy (non-hydrogen) atoms. The largest absolute Gasteiger partial charge is 0.358 e. The molecule has 0 radical (unpaired) electrons. The molecule has 7 heteroatoms. The molecule has 3 aromatic rings. The number of aromatic amines is 1. The van der Waals surface area contributed by atoms with Gasteiger partial charge in [0.25, 0.3) is 5.91 Å². The van der Waals surface area contributed by atoms with Gasteiger partial charge in [-0.1, -0.05) is 43.4 Å². The normalized spacial score (nSPS) is 15.7. The van der Waals surface area contributed by atoms with E-state index in [0.717, 1.165) is 40.1 Å². The Hall–Kier alpha value is -2.22. The number of hydrogen-bond donors (Lipinski definition) is 2. The van der Waals surface area contributed by atoms with E-state index in [1.807, 2.05) is 35.7 Å². The number of nitrogens with one attached hydrogen (secondary N) is 2. The van der Waals surface area contributed by atoms with Crippen LogP contribution >= 0.6 is 35.3 Å². The Labute approximate surface area is 169 Å². The highest BCUT2D eigenvalue weighted by molar-refractivity contribution is 8.26. The monoisotopic (exact) mass is 412 g/mol. The fourth-order valence-corrected chi connectivity index (χ4v) is 4.97. The molecular weight excluding hydrogens is 396 g/mol. The topological polar surface area (TPSA) is 62.0 Å². The van der Waals surface area contributed by atoms with Crippen LogP contribution in [0, 0.1) is 0 Å². The lowest BCUT2D eigenvalue weighted by Gasteiger charge is -2.05. The molecule has 2 N–H and O–H groups in total. The van der Waals surface area contributed by atoms with Gasteiger partial charge in [-0.2, -0.15) is 0 Å². The molecule has 0 bridgehead atoms. The summed E-state index contributed by atoms with van der Waals surface area (Å²) in [6, 6.07) is 9.61. The van der Waals surface area contributed by atoms with Crippen LogP contribution in [0.4, 0.5) is 0 Å². The summed E-state index contributed by atoms with van der Waals surface area (Å²) < 4.78 is 0.485. The lowest BCUT2D eigenvalue weighted by Crippen LogP contribution is -2.17. The zero-order valence-corrected chi connectivity index (χ0v) is 16.9. The first-order valence-electron chi connectivity index (χ1n) is 8.53. The number of fused-ring (bicyclic) bond motifs is 1. The fraction of sp³-hybridized carbons (Fsp3) is 0.150. The van der Waals surface area contributed by atoms with E-state index in [9.17, 15) is 9.59 Å². The first-order valence-corrected chi connectivity index (χ1v) is 10.6. The fourth-order valence-electron chi connectivity index (χ4n) is 3.02. The number of carbonyl (C=O) groups excluding carboxylic acids is 1. The first-order chi connectivity index (χ1) is 13.0. The van der Waals surface area contributed by atoms with Gasteiger partial charge in [-0.25, -0.2) is 0 Å². The number of aromatic nitrogens is 1. The average Bonchev–Trinajstić information content (AvgIpc) is 3.22. The molecule has 3 heterocycles. The number of carbonyl (C=O) groups is 1. The zero-order valence-electron chi connectivity index (χ0n) is 14.5. The number of thioether (sulfide) groups is 1. The maximum Gasteiger partial charge on any atom is 0.263 e. The molecule has 1 aliphatic rings. The van der Waals surface area contributed by atoms with Gasteiger partial charge in [-0.3, -0.25) is 9.59 Å². The van der Waals surface area contributed by atoms with Crippen molar-refractivity contribution < 1.29 is 4.79 Å². The van der Waals surface area contributed by atoms with Crippen molar-refractivity contribution in [3.05, 3.63) is 61.4 Å². The van der Waals surface area contributed by atoms with Crippen LogP contribution in [0.15, 0.2) is 45.4 Å². The molecule has 4 rings (SSSR count). The maximum atomic E-state index is 12.5. The van der Waals surface area contributed by atoms with Crippen molar-refractivity contribution in [3.8, 4) is 11.1 Å². The van der Waals surface area contributed by atoms with Gasteiger partial charge in [0, 0.05) is 27.5 Å². The van der Waals surface area contributed by atoms with E-state index >= 15 is 0 Å². The van der Waals surface area contributed by atoms with E-state index in [1.54, 1.807) is 17.4 Å². The van der Waals surface area contributed by atoms with E-state index in [2.05, 4.69) is 17.2 Å². The molecule has 1 fully saturated rings. The van der Waals surface area contributed by atoms with Gasteiger partial charge in [0.1, 0.15) is 4.32 Å². The van der Waals surface area contributed by atoms with Gasteiger partial charge in [0.15, 0.2) is 5.43 Å². The number of H-pyrrole nitrogens is 1. The Morgan fingerprint density at radius 2 is 2.00 bits per heavy atom. The smallest absolute Gasteiger partial charge is 0.263 e. The molecule has 1 amide bonds. The van der Waals surface area contributed by atoms with Gasteiger partial charge in [-0.15, -0.1) is 11.3 Å². The summed E-state index contributed by atoms with van der Waals surface area (Å²) in [7, 11) is 0. The molecule has 1 aromatic carbocycles. The minimum absolute atomic E-state index is 0.0409. The van der Waals surface area contributed by atoms with E-state index in [-0.39, 0.29) is 11.3 Å². The third-order valence-electron chi connectivity index (χ3n) is 4.27.